The van der Waals surface area contributed by atoms with Crippen molar-refractivity contribution in [3.8, 4) is 0 Å². The topological polar surface area (TPSA) is 55.8 Å². The lowest BCUT2D eigenvalue weighted by atomic mass is 9.90. The monoisotopic (exact) mass is 293 g/mol. The molecule has 2 aliphatic heterocycles. The Morgan fingerprint density at radius 1 is 1.62 bits per heavy atom. The molecule has 0 radical (unpaired) electrons. The lowest BCUT2D eigenvalue weighted by Gasteiger charge is -2.31. The van der Waals surface area contributed by atoms with Crippen LogP contribution in [0.15, 0.2) is 23.8 Å². The number of amides is 1. The van der Waals surface area contributed by atoms with E-state index >= 15 is 0 Å². The fraction of sp³-hybridized carbons (Fsp3) is 0.625. The predicted molar refractivity (Wildman–Crippen MR) is 78.4 cm³/mol. The van der Waals surface area contributed by atoms with E-state index in [1.807, 2.05) is 6.92 Å². The molecular formula is C16H23NO4. The maximum Gasteiger partial charge on any atom is 0.338 e. The highest BCUT2D eigenvalue weighted by molar-refractivity contribution is 6.06. The van der Waals surface area contributed by atoms with Gasteiger partial charge in [-0.1, -0.05) is 19.4 Å². The number of hydrogen-bond acceptors (Lipinski definition) is 4. The van der Waals surface area contributed by atoms with Crippen LogP contribution in [0.2, 0.25) is 0 Å². The molecule has 1 amide bonds. The molecule has 0 bridgehead atoms. The minimum Gasteiger partial charge on any atom is -0.467 e. The molecule has 1 saturated heterocycles. The summed E-state index contributed by atoms with van der Waals surface area (Å²) in [6, 6.07) is 0. The zero-order chi connectivity index (χ0) is 15.6. The Morgan fingerprint density at radius 3 is 2.90 bits per heavy atom. The van der Waals surface area contributed by atoms with Gasteiger partial charge in [-0.15, -0.1) is 6.58 Å². The summed E-state index contributed by atoms with van der Waals surface area (Å²) in [5.74, 6) is -0.553. The zero-order valence-corrected chi connectivity index (χ0v) is 13.0. The standard InChI is InChI=1S/C16H23NO4/c1-5-7-9-13-17-14(18)12(8-6-2)11(3)16(17,10-21-13)15(19)20-4/h6,13H,2,5,7-10H2,1,3-4H3/t13-,16-/m0/s1. The van der Waals surface area contributed by atoms with Gasteiger partial charge in [-0.25, -0.2) is 4.79 Å². The largest absolute Gasteiger partial charge is 0.467 e. The summed E-state index contributed by atoms with van der Waals surface area (Å²) in [5, 5.41) is 0. The van der Waals surface area contributed by atoms with Crippen molar-refractivity contribution >= 4 is 11.9 Å². The molecule has 2 aliphatic rings. The number of unbranched alkanes of at least 4 members (excludes halogenated alkanes) is 1. The van der Waals surface area contributed by atoms with Crippen molar-refractivity contribution < 1.29 is 19.1 Å². The van der Waals surface area contributed by atoms with E-state index in [9.17, 15) is 9.59 Å². The molecule has 0 spiro atoms. The number of carbonyl (C=O) groups is 2. The SMILES string of the molecule is C=CCC1=C(C)[C@]2(C(=O)OC)CO[C@@H](CCCC)N2C1=O. The number of ether oxygens (including phenoxy) is 2. The first-order valence-corrected chi connectivity index (χ1v) is 7.39. The number of hydrogen-bond donors (Lipinski definition) is 0. The quantitative estimate of drug-likeness (QED) is 0.556. The highest BCUT2D eigenvalue weighted by Crippen LogP contribution is 2.44. The van der Waals surface area contributed by atoms with Gasteiger partial charge >= 0.3 is 5.97 Å². The Balaban J connectivity index is 2.42. The van der Waals surface area contributed by atoms with Crippen molar-refractivity contribution in [2.24, 2.45) is 0 Å². The molecule has 0 aromatic rings. The van der Waals surface area contributed by atoms with Gasteiger partial charge in [0.15, 0.2) is 5.54 Å². The second-order valence-electron chi connectivity index (χ2n) is 5.53. The van der Waals surface area contributed by atoms with Gasteiger partial charge < -0.3 is 9.47 Å². The Hall–Kier alpha value is -1.62. The Labute approximate surface area is 125 Å². The van der Waals surface area contributed by atoms with Gasteiger partial charge in [-0.05, 0) is 31.8 Å². The second kappa shape index (κ2) is 6.02. The van der Waals surface area contributed by atoms with Crippen molar-refractivity contribution in [1.82, 2.24) is 4.90 Å². The number of allylic oxidation sites excluding steroid dienone is 1. The van der Waals surface area contributed by atoms with Crippen molar-refractivity contribution in [2.45, 2.75) is 51.3 Å². The maximum absolute atomic E-state index is 12.7. The molecule has 21 heavy (non-hydrogen) atoms. The average molecular weight is 293 g/mol. The number of rotatable bonds is 6. The van der Waals surface area contributed by atoms with Gasteiger partial charge in [0.2, 0.25) is 0 Å². The number of esters is 1. The van der Waals surface area contributed by atoms with E-state index in [0.717, 1.165) is 24.8 Å². The molecule has 2 rings (SSSR count). The molecule has 0 aromatic carbocycles. The number of fused-ring (bicyclic) bond motifs is 1. The van der Waals surface area contributed by atoms with Crippen LogP contribution in [0.4, 0.5) is 0 Å². The first kappa shape index (κ1) is 15.8. The maximum atomic E-state index is 12.7. The lowest BCUT2D eigenvalue weighted by molar-refractivity contribution is -0.154. The van der Waals surface area contributed by atoms with Crippen molar-refractivity contribution in [3.05, 3.63) is 23.8 Å². The molecule has 1 fully saturated rings. The number of nitrogens with zero attached hydrogens (tertiary/aromatic N) is 1. The number of methoxy groups -OCH3 is 1. The zero-order valence-electron chi connectivity index (χ0n) is 13.0. The highest BCUT2D eigenvalue weighted by Gasteiger charge is 2.62. The first-order chi connectivity index (χ1) is 10.0. The van der Waals surface area contributed by atoms with E-state index in [2.05, 4.69) is 13.5 Å². The molecule has 2 heterocycles. The van der Waals surface area contributed by atoms with E-state index in [1.54, 1.807) is 11.0 Å². The predicted octanol–water partition coefficient (Wildman–Crippen LogP) is 2.18. The van der Waals surface area contributed by atoms with Crippen LogP contribution in [-0.4, -0.2) is 42.3 Å². The van der Waals surface area contributed by atoms with Gasteiger partial charge in [0, 0.05) is 5.57 Å². The molecule has 5 heteroatoms. The molecule has 0 N–H and O–H groups in total. The van der Waals surface area contributed by atoms with Crippen LogP contribution in [0.1, 0.15) is 39.5 Å². The molecule has 2 atom stereocenters. The summed E-state index contributed by atoms with van der Waals surface area (Å²) in [7, 11) is 1.35. The summed E-state index contributed by atoms with van der Waals surface area (Å²) < 4.78 is 10.7. The van der Waals surface area contributed by atoms with Gasteiger partial charge in [0.05, 0.1) is 13.7 Å². The summed E-state index contributed by atoms with van der Waals surface area (Å²) >= 11 is 0. The number of carbonyl (C=O) groups excluding carboxylic acids is 2. The molecule has 0 aromatic heterocycles. The second-order valence-corrected chi connectivity index (χ2v) is 5.53. The van der Waals surface area contributed by atoms with E-state index in [-0.39, 0.29) is 18.7 Å². The smallest absolute Gasteiger partial charge is 0.338 e. The van der Waals surface area contributed by atoms with Crippen LogP contribution in [0.5, 0.6) is 0 Å². The first-order valence-electron chi connectivity index (χ1n) is 7.39. The molecule has 0 aliphatic carbocycles. The minimum atomic E-state index is -1.08. The molecule has 0 unspecified atom stereocenters. The minimum absolute atomic E-state index is 0.128. The Kier molecular flexibility index (Phi) is 4.52. The summed E-state index contributed by atoms with van der Waals surface area (Å²) in [5.41, 5.74) is 0.293. The molecule has 116 valence electrons. The van der Waals surface area contributed by atoms with Gasteiger partial charge in [-0.2, -0.15) is 0 Å². The van der Waals surface area contributed by atoms with E-state index in [4.69, 9.17) is 9.47 Å². The van der Waals surface area contributed by atoms with Gasteiger partial charge in [0.25, 0.3) is 5.91 Å². The van der Waals surface area contributed by atoms with Gasteiger partial charge in [0.1, 0.15) is 6.23 Å². The van der Waals surface area contributed by atoms with Crippen LogP contribution >= 0.6 is 0 Å². The fourth-order valence-corrected chi connectivity index (χ4v) is 3.21. The van der Waals surface area contributed by atoms with Crippen LogP contribution in [-0.2, 0) is 19.1 Å². The van der Waals surface area contributed by atoms with E-state index < -0.39 is 11.5 Å². The van der Waals surface area contributed by atoms with Crippen LogP contribution < -0.4 is 0 Å². The van der Waals surface area contributed by atoms with Crippen molar-refractivity contribution in [3.63, 3.8) is 0 Å². The van der Waals surface area contributed by atoms with Crippen LogP contribution in [0.3, 0.4) is 0 Å². The molecular weight excluding hydrogens is 270 g/mol. The summed E-state index contributed by atoms with van der Waals surface area (Å²) in [6.45, 7) is 7.77. The average Bonchev–Trinajstić information content (AvgIpc) is 2.96. The van der Waals surface area contributed by atoms with Crippen LogP contribution in [0, 0.1) is 0 Å². The summed E-state index contributed by atoms with van der Waals surface area (Å²) in [4.78, 5) is 26.7. The summed E-state index contributed by atoms with van der Waals surface area (Å²) in [6.07, 6.45) is 4.48. The molecule has 5 nitrogen and oxygen atoms in total. The third-order valence-electron chi connectivity index (χ3n) is 4.41. The highest BCUT2D eigenvalue weighted by atomic mass is 16.5. The van der Waals surface area contributed by atoms with E-state index in [0.29, 0.717) is 12.0 Å². The lowest BCUT2D eigenvalue weighted by Crippen LogP contribution is -2.54. The third-order valence-corrected chi connectivity index (χ3v) is 4.41. The normalized spacial score (nSPS) is 28.0. The van der Waals surface area contributed by atoms with E-state index in [1.165, 1.54) is 7.11 Å². The Morgan fingerprint density at radius 2 is 2.33 bits per heavy atom. The van der Waals surface area contributed by atoms with Crippen molar-refractivity contribution in [1.29, 1.82) is 0 Å². The molecule has 0 saturated carbocycles. The fourth-order valence-electron chi connectivity index (χ4n) is 3.21. The Bertz CT molecular complexity index is 497. The van der Waals surface area contributed by atoms with Gasteiger partial charge in [-0.3, -0.25) is 9.69 Å². The van der Waals surface area contributed by atoms with Crippen LogP contribution in [0.25, 0.3) is 0 Å². The van der Waals surface area contributed by atoms with Crippen molar-refractivity contribution in [2.75, 3.05) is 13.7 Å². The third kappa shape index (κ3) is 2.20.